The molecule has 2 aromatic rings. The van der Waals surface area contributed by atoms with Crippen LogP contribution in [0.5, 0.6) is 5.75 Å². The minimum atomic E-state index is 0.639. The minimum absolute atomic E-state index is 0.639. The summed E-state index contributed by atoms with van der Waals surface area (Å²) in [6, 6.07) is 13.1. The van der Waals surface area contributed by atoms with Gasteiger partial charge in [0.25, 0.3) is 0 Å². The molecule has 4 heteroatoms. The summed E-state index contributed by atoms with van der Waals surface area (Å²) >= 11 is 0. The highest BCUT2D eigenvalue weighted by molar-refractivity contribution is 5.65. The molecule has 0 amide bonds. The topological polar surface area (TPSA) is 49.1 Å². The largest absolute Gasteiger partial charge is 0.493 e. The van der Waals surface area contributed by atoms with E-state index >= 15 is 0 Å². The molecular formula is C14H13N3O. The Labute approximate surface area is 106 Å². The van der Waals surface area contributed by atoms with E-state index in [0.29, 0.717) is 11.3 Å². The second-order valence-electron chi connectivity index (χ2n) is 3.75. The van der Waals surface area contributed by atoms with Crippen LogP contribution in [-0.4, -0.2) is 19.1 Å². The molecule has 1 aromatic heterocycles. The highest BCUT2D eigenvalue weighted by Gasteiger charge is 2.10. The summed E-state index contributed by atoms with van der Waals surface area (Å²) in [7, 11) is 3.53. The first kappa shape index (κ1) is 11.9. The van der Waals surface area contributed by atoms with Crippen LogP contribution in [0.15, 0.2) is 42.6 Å². The van der Waals surface area contributed by atoms with Gasteiger partial charge in [0.2, 0.25) is 0 Å². The molecular weight excluding hydrogens is 226 g/mol. The molecule has 0 aliphatic rings. The third-order valence-electron chi connectivity index (χ3n) is 2.67. The summed E-state index contributed by atoms with van der Waals surface area (Å²) < 4.78 is 5.28. The van der Waals surface area contributed by atoms with Crippen molar-refractivity contribution in [3.8, 4) is 11.8 Å². The van der Waals surface area contributed by atoms with Gasteiger partial charge in [-0.05, 0) is 36.4 Å². The molecule has 0 aliphatic carbocycles. The van der Waals surface area contributed by atoms with Gasteiger partial charge in [0.15, 0.2) is 11.6 Å². The lowest BCUT2D eigenvalue weighted by Crippen LogP contribution is -2.12. The molecule has 0 spiro atoms. The Bertz CT molecular complexity index is 572. The molecule has 1 heterocycles. The summed E-state index contributed by atoms with van der Waals surface area (Å²) in [5, 5.41) is 8.77. The highest BCUT2D eigenvalue weighted by atomic mass is 16.5. The average molecular weight is 239 g/mol. The number of nitrogens with zero attached hydrogens (tertiary/aromatic N) is 3. The molecule has 0 bridgehead atoms. The third-order valence-corrected chi connectivity index (χ3v) is 2.67. The number of benzene rings is 1. The number of hydrogen-bond donors (Lipinski definition) is 0. The minimum Gasteiger partial charge on any atom is -0.493 e. The quantitative estimate of drug-likeness (QED) is 0.826. The summed E-state index contributed by atoms with van der Waals surface area (Å²) in [5.41, 5.74) is 1.59. The second kappa shape index (κ2) is 5.19. The van der Waals surface area contributed by atoms with E-state index in [0.717, 1.165) is 11.5 Å². The van der Waals surface area contributed by atoms with Crippen molar-refractivity contribution in [2.24, 2.45) is 0 Å². The van der Waals surface area contributed by atoms with Crippen LogP contribution in [0.4, 0.5) is 11.5 Å². The normalized spacial score (nSPS) is 9.61. The van der Waals surface area contributed by atoms with Crippen molar-refractivity contribution in [2.45, 2.75) is 0 Å². The number of nitriles is 1. The van der Waals surface area contributed by atoms with Crippen molar-refractivity contribution in [1.82, 2.24) is 4.98 Å². The molecule has 0 fully saturated rings. The zero-order valence-corrected chi connectivity index (χ0v) is 10.3. The van der Waals surface area contributed by atoms with Gasteiger partial charge >= 0.3 is 0 Å². The number of aromatic nitrogens is 1. The molecule has 0 atom stereocenters. The van der Waals surface area contributed by atoms with Gasteiger partial charge in [-0.3, -0.25) is 0 Å². The average Bonchev–Trinajstić information content (AvgIpc) is 2.46. The number of ether oxygens (including phenoxy) is 1. The first-order valence-corrected chi connectivity index (χ1v) is 5.49. The molecule has 4 nitrogen and oxygen atoms in total. The molecule has 0 saturated carbocycles. The maximum Gasteiger partial charge on any atom is 0.175 e. The van der Waals surface area contributed by atoms with Crippen LogP contribution < -0.4 is 9.64 Å². The van der Waals surface area contributed by atoms with Crippen LogP contribution in [0.1, 0.15) is 5.56 Å². The fraction of sp³-hybridized carbons (Fsp3) is 0.143. The Hall–Kier alpha value is -2.54. The Morgan fingerprint density at radius 1 is 1.22 bits per heavy atom. The van der Waals surface area contributed by atoms with Crippen LogP contribution in [0, 0.1) is 11.3 Å². The molecule has 18 heavy (non-hydrogen) atoms. The first-order valence-electron chi connectivity index (χ1n) is 5.49. The van der Waals surface area contributed by atoms with Gasteiger partial charge in [0.05, 0.1) is 18.7 Å². The van der Waals surface area contributed by atoms with E-state index < -0.39 is 0 Å². The Kier molecular flexibility index (Phi) is 3.44. The third kappa shape index (κ3) is 2.25. The number of rotatable bonds is 3. The zero-order valence-electron chi connectivity index (χ0n) is 10.3. The summed E-state index contributed by atoms with van der Waals surface area (Å²) in [6.07, 6.45) is 1.72. The van der Waals surface area contributed by atoms with Crippen molar-refractivity contribution in [2.75, 3.05) is 19.1 Å². The van der Waals surface area contributed by atoms with Gasteiger partial charge in [-0.2, -0.15) is 5.26 Å². The summed E-state index contributed by atoms with van der Waals surface area (Å²) in [4.78, 5) is 6.22. The molecule has 90 valence electrons. The van der Waals surface area contributed by atoms with E-state index in [4.69, 9.17) is 10.00 Å². The number of pyridine rings is 1. The fourth-order valence-corrected chi connectivity index (χ4v) is 1.68. The van der Waals surface area contributed by atoms with E-state index in [9.17, 15) is 0 Å². The van der Waals surface area contributed by atoms with Crippen LogP contribution in [-0.2, 0) is 0 Å². The van der Waals surface area contributed by atoms with Gasteiger partial charge in [0.1, 0.15) is 0 Å². The van der Waals surface area contributed by atoms with E-state index in [2.05, 4.69) is 11.1 Å². The highest BCUT2D eigenvalue weighted by Crippen LogP contribution is 2.29. The smallest absolute Gasteiger partial charge is 0.175 e. The standard InChI is InChI=1S/C14H13N3O/c1-17(12-7-5-11(10-15)6-8-12)14-13(18-2)4-3-9-16-14/h3-9H,1-2H3. The fourth-order valence-electron chi connectivity index (χ4n) is 1.68. The van der Waals surface area contributed by atoms with Crippen LogP contribution in [0.3, 0.4) is 0 Å². The maximum atomic E-state index is 8.77. The molecule has 0 saturated heterocycles. The Balaban J connectivity index is 2.35. The van der Waals surface area contributed by atoms with Crippen LogP contribution in [0.2, 0.25) is 0 Å². The summed E-state index contributed by atoms with van der Waals surface area (Å²) in [6.45, 7) is 0. The predicted octanol–water partition coefficient (Wildman–Crippen LogP) is 2.73. The zero-order chi connectivity index (χ0) is 13.0. The van der Waals surface area contributed by atoms with Crippen molar-refractivity contribution in [1.29, 1.82) is 5.26 Å². The Morgan fingerprint density at radius 3 is 2.56 bits per heavy atom. The van der Waals surface area contributed by atoms with E-state index in [1.165, 1.54) is 0 Å². The molecule has 0 N–H and O–H groups in total. The van der Waals surface area contributed by atoms with Gasteiger partial charge in [-0.15, -0.1) is 0 Å². The van der Waals surface area contributed by atoms with Gasteiger partial charge in [0, 0.05) is 18.9 Å². The number of methoxy groups -OCH3 is 1. The number of anilines is 2. The molecule has 0 unspecified atom stereocenters. The van der Waals surface area contributed by atoms with Gasteiger partial charge in [-0.1, -0.05) is 0 Å². The second-order valence-corrected chi connectivity index (χ2v) is 3.75. The molecule has 0 aliphatic heterocycles. The van der Waals surface area contributed by atoms with Gasteiger partial charge in [-0.25, -0.2) is 4.98 Å². The maximum absolute atomic E-state index is 8.77. The van der Waals surface area contributed by atoms with Gasteiger partial charge < -0.3 is 9.64 Å². The monoisotopic (exact) mass is 239 g/mol. The van der Waals surface area contributed by atoms with Crippen molar-refractivity contribution >= 4 is 11.5 Å². The van der Waals surface area contributed by atoms with E-state index in [-0.39, 0.29) is 0 Å². The molecule has 0 radical (unpaired) electrons. The lowest BCUT2D eigenvalue weighted by molar-refractivity contribution is 0.414. The van der Waals surface area contributed by atoms with Crippen molar-refractivity contribution in [3.05, 3.63) is 48.2 Å². The summed E-state index contributed by atoms with van der Waals surface area (Å²) in [5.74, 6) is 1.45. The van der Waals surface area contributed by atoms with Crippen molar-refractivity contribution < 1.29 is 4.74 Å². The molecule has 2 rings (SSSR count). The first-order chi connectivity index (χ1) is 8.76. The lowest BCUT2D eigenvalue weighted by Gasteiger charge is -2.20. The lowest BCUT2D eigenvalue weighted by atomic mass is 10.2. The van der Waals surface area contributed by atoms with Crippen LogP contribution in [0.25, 0.3) is 0 Å². The molecule has 1 aromatic carbocycles. The van der Waals surface area contributed by atoms with E-state index in [1.807, 2.05) is 36.2 Å². The van der Waals surface area contributed by atoms with Crippen molar-refractivity contribution in [3.63, 3.8) is 0 Å². The Morgan fingerprint density at radius 2 is 1.94 bits per heavy atom. The van der Waals surface area contributed by atoms with E-state index in [1.54, 1.807) is 25.4 Å². The number of hydrogen-bond acceptors (Lipinski definition) is 4. The van der Waals surface area contributed by atoms with Crippen LogP contribution >= 0.6 is 0 Å². The SMILES string of the molecule is COc1cccnc1N(C)c1ccc(C#N)cc1. The predicted molar refractivity (Wildman–Crippen MR) is 70.0 cm³/mol.